The Labute approximate surface area is 300 Å². The minimum Gasteiger partial charge on any atom is -0.496 e. The van der Waals surface area contributed by atoms with E-state index in [9.17, 15) is 36.0 Å². The highest BCUT2D eigenvalue weighted by Crippen LogP contribution is 2.38. The van der Waals surface area contributed by atoms with Gasteiger partial charge in [-0.1, -0.05) is 18.2 Å². The Morgan fingerprint density at radius 1 is 0.615 bits per heavy atom. The molecule has 0 radical (unpaired) electrons. The molecule has 0 aliphatic heterocycles. The Kier molecular flexibility index (Phi) is 10.0. The lowest BCUT2D eigenvalue weighted by molar-refractivity contribution is 0.0942. The summed E-state index contributed by atoms with van der Waals surface area (Å²) in [4.78, 5) is 52.1. The summed E-state index contributed by atoms with van der Waals surface area (Å²) < 4.78 is 68.6. The average Bonchev–Trinajstić information content (AvgIpc) is 4.09. The van der Waals surface area contributed by atoms with Crippen molar-refractivity contribution in [2.24, 2.45) is 0 Å². The van der Waals surface area contributed by atoms with Crippen LogP contribution < -0.4 is 29.1 Å². The summed E-state index contributed by atoms with van der Waals surface area (Å²) in [6.45, 7) is 0. The number of carbonyl (C=O) groups is 4. The first-order chi connectivity index (χ1) is 24.8. The van der Waals surface area contributed by atoms with Crippen LogP contribution >= 0.6 is 0 Å². The van der Waals surface area contributed by atoms with E-state index in [1.165, 1.54) is 92.0 Å². The van der Waals surface area contributed by atoms with E-state index in [0.29, 0.717) is 4.31 Å². The fourth-order valence-corrected chi connectivity index (χ4v) is 7.63. The summed E-state index contributed by atoms with van der Waals surface area (Å²) in [5.74, 6) is -3.39. The predicted molar refractivity (Wildman–Crippen MR) is 188 cm³/mol. The van der Waals surface area contributed by atoms with Gasteiger partial charge in [-0.15, -0.1) is 0 Å². The number of hydrogen-bond acceptors (Lipinski definition) is 10. The Morgan fingerprint density at radius 3 is 1.65 bits per heavy atom. The van der Waals surface area contributed by atoms with Crippen LogP contribution in [0.2, 0.25) is 0 Å². The Bertz CT molecular complexity index is 2270. The van der Waals surface area contributed by atoms with E-state index in [4.69, 9.17) is 9.47 Å². The average molecular weight is 747 g/mol. The maximum atomic E-state index is 14.4. The van der Waals surface area contributed by atoms with E-state index in [1.807, 2.05) is 4.72 Å². The van der Waals surface area contributed by atoms with Gasteiger partial charge in [-0.25, -0.2) is 21.6 Å². The van der Waals surface area contributed by atoms with Gasteiger partial charge in [-0.05, 0) is 98.5 Å². The second-order valence-electron chi connectivity index (χ2n) is 12.1. The van der Waals surface area contributed by atoms with Gasteiger partial charge < -0.3 is 20.1 Å². The van der Waals surface area contributed by atoms with Crippen molar-refractivity contribution in [1.29, 1.82) is 0 Å². The number of carbonyl (C=O) groups excluding carboxylic acids is 4. The molecule has 4 amide bonds. The summed E-state index contributed by atoms with van der Waals surface area (Å²) in [6.07, 6.45) is 3.47. The Morgan fingerprint density at radius 2 is 1.13 bits per heavy atom. The molecule has 0 bridgehead atoms. The van der Waals surface area contributed by atoms with E-state index in [2.05, 4.69) is 10.6 Å². The van der Waals surface area contributed by atoms with Gasteiger partial charge in [0.25, 0.3) is 43.7 Å². The van der Waals surface area contributed by atoms with E-state index in [-0.39, 0.29) is 56.1 Å². The molecule has 0 aromatic heterocycles. The summed E-state index contributed by atoms with van der Waals surface area (Å²) >= 11 is 0. The van der Waals surface area contributed by atoms with E-state index < -0.39 is 48.9 Å². The van der Waals surface area contributed by atoms with Crippen LogP contribution in [0.5, 0.6) is 11.5 Å². The number of hydrogen-bond donors (Lipinski definition) is 3. The smallest absolute Gasteiger partial charge is 0.276 e. The van der Waals surface area contributed by atoms with Crippen molar-refractivity contribution in [1.82, 2.24) is 15.4 Å². The molecular weight excluding hydrogens is 713 g/mol. The number of anilines is 1. The van der Waals surface area contributed by atoms with E-state index >= 15 is 0 Å². The van der Waals surface area contributed by atoms with Gasteiger partial charge in [-0.2, -0.15) is 4.31 Å². The number of amides is 4. The van der Waals surface area contributed by atoms with Crippen molar-refractivity contribution >= 4 is 49.4 Å². The zero-order valence-electron chi connectivity index (χ0n) is 28.0. The van der Waals surface area contributed by atoms with Crippen molar-refractivity contribution in [2.75, 3.05) is 18.5 Å². The molecule has 16 heteroatoms. The van der Waals surface area contributed by atoms with Crippen molar-refractivity contribution < 1.29 is 45.5 Å². The number of sulfonamides is 2. The Balaban J connectivity index is 1.36. The quantitative estimate of drug-likeness (QED) is 0.182. The van der Waals surface area contributed by atoms with Crippen LogP contribution in [0, 0.1) is 0 Å². The van der Waals surface area contributed by atoms with Gasteiger partial charge in [0.1, 0.15) is 11.4 Å². The van der Waals surface area contributed by atoms with Gasteiger partial charge in [0, 0.05) is 23.2 Å². The first-order valence-corrected chi connectivity index (χ1v) is 19.0. The highest BCUT2D eigenvalue weighted by Gasteiger charge is 2.37. The minimum atomic E-state index is -4.81. The number of ether oxygens (including phenoxy) is 2. The van der Waals surface area contributed by atoms with Crippen molar-refractivity contribution in [3.63, 3.8) is 0 Å². The maximum Gasteiger partial charge on any atom is 0.276 e. The largest absolute Gasteiger partial charge is 0.496 e. The maximum absolute atomic E-state index is 14.4. The molecule has 0 atom stereocenters. The number of rotatable bonds is 13. The second-order valence-corrected chi connectivity index (χ2v) is 15.6. The van der Waals surface area contributed by atoms with Crippen molar-refractivity contribution in [3.8, 4) is 11.5 Å². The van der Waals surface area contributed by atoms with Gasteiger partial charge in [-0.3, -0.25) is 19.2 Å². The summed E-state index contributed by atoms with van der Waals surface area (Å²) in [5, 5.41) is 5.63. The lowest BCUT2D eigenvalue weighted by Gasteiger charge is -2.26. The molecule has 2 saturated carbocycles. The molecule has 52 heavy (non-hydrogen) atoms. The van der Waals surface area contributed by atoms with Crippen LogP contribution in [0.3, 0.4) is 0 Å². The second kappa shape index (κ2) is 14.5. The highest BCUT2D eigenvalue weighted by atomic mass is 32.2. The molecule has 4 aromatic carbocycles. The van der Waals surface area contributed by atoms with Crippen LogP contribution in [0.1, 0.15) is 67.1 Å². The van der Waals surface area contributed by atoms with Crippen molar-refractivity contribution in [2.45, 2.75) is 47.6 Å². The van der Waals surface area contributed by atoms with Gasteiger partial charge >= 0.3 is 0 Å². The number of methoxy groups -OCH3 is 2. The molecule has 2 aliphatic rings. The zero-order chi connectivity index (χ0) is 37.2. The molecule has 0 unspecified atom stereocenters. The molecule has 270 valence electrons. The fraction of sp³-hybridized carbons (Fsp3) is 0.222. The lowest BCUT2D eigenvalue weighted by atomic mass is 10.1. The minimum absolute atomic E-state index is 0.0507. The lowest BCUT2D eigenvalue weighted by Crippen LogP contribution is -2.38. The molecule has 2 fully saturated rings. The number of benzene rings is 4. The number of nitrogens with one attached hydrogen (secondary N) is 3. The third-order valence-electron chi connectivity index (χ3n) is 8.32. The SMILES string of the molecule is COc1ccccc1C(=O)N(c1cccc(C(=O)NS(=O)(=O)c2ccc(C(=O)NC3CC3)cc2)c1OC)S(=O)(=O)c1ccc(C(=O)NC2CC2)cc1. The van der Waals surface area contributed by atoms with Crippen LogP contribution in [0.25, 0.3) is 0 Å². The predicted octanol–water partition coefficient (Wildman–Crippen LogP) is 3.64. The third kappa shape index (κ3) is 7.62. The monoisotopic (exact) mass is 746 g/mol. The summed E-state index contributed by atoms with van der Waals surface area (Å²) in [6, 6.07) is 19.7. The molecule has 14 nitrogen and oxygen atoms in total. The van der Waals surface area contributed by atoms with Crippen LogP contribution in [0.4, 0.5) is 5.69 Å². The first-order valence-electron chi connectivity index (χ1n) is 16.1. The van der Waals surface area contributed by atoms with Crippen LogP contribution in [-0.2, 0) is 20.0 Å². The van der Waals surface area contributed by atoms with E-state index in [0.717, 1.165) is 32.8 Å². The molecule has 3 N–H and O–H groups in total. The van der Waals surface area contributed by atoms with Crippen molar-refractivity contribution in [3.05, 3.63) is 113 Å². The van der Waals surface area contributed by atoms with Crippen LogP contribution in [-0.4, -0.2) is 66.8 Å². The van der Waals surface area contributed by atoms with E-state index in [1.54, 1.807) is 6.07 Å². The molecule has 0 saturated heterocycles. The van der Waals surface area contributed by atoms with Crippen LogP contribution in [0.15, 0.2) is 101 Å². The zero-order valence-corrected chi connectivity index (χ0v) is 29.6. The molecule has 0 heterocycles. The summed E-state index contributed by atoms with van der Waals surface area (Å²) in [7, 11) is -6.89. The number of para-hydroxylation sites is 2. The third-order valence-corrected chi connectivity index (χ3v) is 11.4. The first kappa shape index (κ1) is 36.1. The summed E-state index contributed by atoms with van der Waals surface area (Å²) in [5.41, 5.74) is -0.525. The van der Waals surface area contributed by atoms with Gasteiger partial charge in [0.2, 0.25) is 0 Å². The highest BCUT2D eigenvalue weighted by molar-refractivity contribution is 7.93. The molecular formula is C36H34N4O10S2. The molecule has 0 spiro atoms. The normalized spacial score (nSPS) is 14.1. The van der Waals surface area contributed by atoms with Gasteiger partial charge in [0.05, 0.1) is 35.1 Å². The Hall–Kier alpha value is -5.74. The standard InChI is InChI=1S/C36H34N4O10S2/c1-49-31-9-4-3-6-28(31)36(44)40(52(47,48)27-20-12-23(13-21-27)34(42)38-25-16-17-25)30-8-5-7-29(32(30)50-2)35(43)39-51(45,46)26-18-10-22(11-19-26)33(41)37-24-14-15-24/h3-13,18-21,24-25H,14-17H2,1-2H3,(H,37,41)(H,38,42)(H,39,43). The fourth-order valence-electron chi connectivity index (χ4n) is 5.25. The van der Waals surface area contributed by atoms with Gasteiger partial charge in [0.15, 0.2) is 5.75 Å². The molecule has 4 aromatic rings. The molecule has 6 rings (SSSR count). The molecule has 2 aliphatic carbocycles. The topological polar surface area (TPSA) is 194 Å². The number of nitrogens with zero attached hydrogens (tertiary/aromatic N) is 1.